The minimum absolute atomic E-state index is 0.0584. The van der Waals surface area contributed by atoms with Crippen molar-refractivity contribution in [3.8, 4) is 5.75 Å². The predicted molar refractivity (Wildman–Crippen MR) is 74.5 cm³/mol. The van der Waals surface area contributed by atoms with E-state index in [4.69, 9.17) is 4.74 Å². The number of hydrogen-bond acceptors (Lipinski definition) is 2. The second kappa shape index (κ2) is 5.31. The van der Waals surface area contributed by atoms with Gasteiger partial charge in [-0.05, 0) is 29.8 Å². The molecule has 0 bridgehead atoms. The van der Waals surface area contributed by atoms with Crippen LogP contribution >= 0.6 is 0 Å². The van der Waals surface area contributed by atoms with E-state index < -0.39 is 11.7 Å². The lowest BCUT2D eigenvalue weighted by molar-refractivity contribution is -0.137. The molecule has 0 saturated heterocycles. The maximum absolute atomic E-state index is 12.6. The van der Waals surface area contributed by atoms with Gasteiger partial charge in [0.1, 0.15) is 11.9 Å². The molecule has 0 spiro atoms. The number of rotatable bonds is 3. The van der Waals surface area contributed by atoms with Crippen LogP contribution in [0.3, 0.4) is 0 Å². The van der Waals surface area contributed by atoms with Crippen molar-refractivity contribution in [1.82, 2.24) is 0 Å². The smallest absolute Gasteiger partial charge is 0.416 e. The first-order valence-electron chi connectivity index (χ1n) is 6.68. The second-order valence-electron chi connectivity index (χ2n) is 5.01. The standard InChI is InChI=1S/C16H14F3NO/c17-16(18,19)12-5-3-6-13(9-12)20-10-14-8-11-4-1-2-7-15(11)21-14/h1-7,9,14,20H,8,10H2. The Morgan fingerprint density at radius 3 is 2.67 bits per heavy atom. The molecule has 1 heterocycles. The highest BCUT2D eigenvalue weighted by Crippen LogP contribution is 2.31. The number of para-hydroxylation sites is 1. The molecule has 0 saturated carbocycles. The summed E-state index contributed by atoms with van der Waals surface area (Å²) in [5.74, 6) is 0.855. The van der Waals surface area contributed by atoms with Crippen LogP contribution < -0.4 is 10.1 Å². The summed E-state index contributed by atoms with van der Waals surface area (Å²) in [4.78, 5) is 0. The van der Waals surface area contributed by atoms with E-state index in [1.165, 1.54) is 6.07 Å². The second-order valence-corrected chi connectivity index (χ2v) is 5.01. The summed E-state index contributed by atoms with van der Waals surface area (Å²) in [5, 5.41) is 3.01. The quantitative estimate of drug-likeness (QED) is 0.919. The summed E-state index contributed by atoms with van der Waals surface area (Å²) in [7, 11) is 0. The number of halogens is 3. The van der Waals surface area contributed by atoms with E-state index in [1.807, 2.05) is 24.3 Å². The largest absolute Gasteiger partial charge is 0.488 e. The van der Waals surface area contributed by atoms with Gasteiger partial charge in [-0.3, -0.25) is 0 Å². The number of nitrogens with one attached hydrogen (secondary N) is 1. The minimum atomic E-state index is -4.32. The Balaban J connectivity index is 1.62. The third-order valence-corrected chi connectivity index (χ3v) is 3.44. The molecule has 1 aliphatic rings. The van der Waals surface area contributed by atoms with E-state index in [2.05, 4.69) is 5.32 Å². The van der Waals surface area contributed by atoms with Gasteiger partial charge in [-0.2, -0.15) is 13.2 Å². The lowest BCUT2D eigenvalue weighted by Crippen LogP contribution is -2.24. The van der Waals surface area contributed by atoms with Crippen molar-refractivity contribution in [2.45, 2.75) is 18.7 Å². The zero-order valence-electron chi connectivity index (χ0n) is 11.2. The van der Waals surface area contributed by atoms with Gasteiger partial charge in [-0.25, -0.2) is 0 Å². The molecular weight excluding hydrogens is 279 g/mol. The number of ether oxygens (including phenoxy) is 1. The highest BCUT2D eigenvalue weighted by molar-refractivity contribution is 5.47. The van der Waals surface area contributed by atoms with Crippen molar-refractivity contribution < 1.29 is 17.9 Å². The Labute approximate surface area is 120 Å². The first kappa shape index (κ1) is 13.8. The number of hydrogen-bond donors (Lipinski definition) is 1. The van der Waals surface area contributed by atoms with E-state index in [0.29, 0.717) is 12.2 Å². The van der Waals surface area contributed by atoms with Crippen molar-refractivity contribution in [2.75, 3.05) is 11.9 Å². The molecule has 5 heteroatoms. The SMILES string of the molecule is FC(F)(F)c1cccc(NCC2Cc3ccccc3O2)c1. The molecule has 1 aliphatic heterocycles. The number of benzene rings is 2. The highest BCUT2D eigenvalue weighted by Gasteiger charge is 2.30. The Morgan fingerprint density at radius 1 is 1.10 bits per heavy atom. The number of fused-ring (bicyclic) bond motifs is 1. The molecule has 1 atom stereocenters. The lowest BCUT2D eigenvalue weighted by Gasteiger charge is -2.14. The van der Waals surface area contributed by atoms with Crippen LogP contribution in [-0.2, 0) is 12.6 Å². The fourth-order valence-corrected chi connectivity index (χ4v) is 2.40. The Kier molecular flexibility index (Phi) is 3.49. The van der Waals surface area contributed by atoms with Gasteiger partial charge in [-0.15, -0.1) is 0 Å². The normalized spacial score (nSPS) is 17.2. The van der Waals surface area contributed by atoms with Crippen LogP contribution in [0.4, 0.5) is 18.9 Å². The summed E-state index contributed by atoms with van der Waals surface area (Å²) in [6, 6.07) is 13.0. The van der Waals surface area contributed by atoms with Gasteiger partial charge in [-0.1, -0.05) is 24.3 Å². The zero-order chi connectivity index (χ0) is 14.9. The van der Waals surface area contributed by atoms with Gasteiger partial charge < -0.3 is 10.1 Å². The summed E-state index contributed by atoms with van der Waals surface area (Å²) in [5.41, 5.74) is 0.931. The van der Waals surface area contributed by atoms with Crippen LogP contribution in [0.25, 0.3) is 0 Å². The average molecular weight is 293 g/mol. The summed E-state index contributed by atoms with van der Waals surface area (Å²) >= 11 is 0. The van der Waals surface area contributed by atoms with Crippen LogP contribution in [0.2, 0.25) is 0 Å². The van der Waals surface area contributed by atoms with Crippen LogP contribution in [0.1, 0.15) is 11.1 Å². The Hall–Kier alpha value is -2.17. The molecule has 0 amide bonds. The van der Waals surface area contributed by atoms with Crippen LogP contribution in [0.5, 0.6) is 5.75 Å². The highest BCUT2D eigenvalue weighted by atomic mass is 19.4. The molecule has 2 aromatic rings. The molecule has 0 aromatic heterocycles. The molecule has 2 aromatic carbocycles. The van der Waals surface area contributed by atoms with Crippen molar-refractivity contribution in [3.63, 3.8) is 0 Å². The van der Waals surface area contributed by atoms with Gasteiger partial charge in [0.2, 0.25) is 0 Å². The van der Waals surface area contributed by atoms with E-state index in [0.717, 1.165) is 29.9 Å². The van der Waals surface area contributed by atoms with E-state index in [-0.39, 0.29) is 6.10 Å². The number of alkyl halides is 3. The average Bonchev–Trinajstić information content (AvgIpc) is 2.87. The molecule has 1 unspecified atom stereocenters. The molecule has 1 N–H and O–H groups in total. The molecule has 21 heavy (non-hydrogen) atoms. The zero-order valence-corrected chi connectivity index (χ0v) is 11.2. The Morgan fingerprint density at radius 2 is 1.90 bits per heavy atom. The third kappa shape index (κ3) is 3.12. The van der Waals surface area contributed by atoms with Gasteiger partial charge >= 0.3 is 6.18 Å². The topological polar surface area (TPSA) is 21.3 Å². The van der Waals surface area contributed by atoms with Crippen molar-refractivity contribution in [2.24, 2.45) is 0 Å². The summed E-state index contributed by atoms with van der Waals surface area (Å²) < 4.78 is 43.6. The molecular formula is C16H14F3NO. The molecule has 3 rings (SSSR count). The molecule has 110 valence electrons. The maximum atomic E-state index is 12.6. The predicted octanol–water partition coefficient (Wildman–Crippen LogP) is 4.12. The van der Waals surface area contributed by atoms with Crippen LogP contribution in [0.15, 0.2) is 48.5 Å². The molecule has 0 fully saturated rings. The summed E-state index contributed by atoms with van der Waals surface area (Å²) in [6.07, 6.45) is -3.61. The molecule has 0 radical (unpaired) electrons. The first-order valence-corrected chi connectivity index (χ1v) is 6.68. The van der Waals surface area contributed by atoms with E-state index in [1.54, 1.807) is 6.07 Å². The monoisotopic (exact) mass is 293 g/mol. The van der Waals surface area contributed by atoms with Crippen molar-refractivity contribution in [1.29, 1.82) is 0 Å². The maximum Gasteiger partial charge on any atom is 0.416 e. The minimum Gasteiger partial charge on any atom is -0.488 e. The van der Waals surface area contributed by atoms with Gasteiger partial charge in [0.25, 0.3) is 0 Å². The van der Waals surface area contributed by atoms with Gasteiger partial charge in [0.15, 0.2) is 0 Å². The fraction of sp³-hybridized carbons (Fsp3) is 0.250. The lowest BCUT2D eigenvalue weighted by atomic mass is 10.1. The molecule has 0 aliphatic carbocycles. The van der Waals surface area contributed by atoms with Crippen molar-refractivity contribution in [3.05, 3.63) is 59.7 Å². The van der Waals surface area contributed by atoms with Crippen LogP contribution in [0, 0.1) is 0 Å². The van der Waals surface area contributed by atoms with E-state index >= 15 is 0 Å². The van der Waals surface area contributed by atoms with Crippen molar-refractivity contribution >= 4 is 5.69 Å². The number of anilines is 1. The molecule has 2 nitrogen and oxygen atoms in total. The summed E-state index contributed by atoms with van der Waals surface area (Å²) in [6.45, 7) is 0.468. The third-order valence-electron chi connectivity index (χ3n) is 3.44. The van der Waals surface area contributed by atoms with Gasteiger partial charge in [0.05, 0.1) is 12.1 Å². The Bertz CT molecular complexity index is 614. The first-order chi connectivity index (χ1) is 10.0. The van der Waals surface area contributed by atoms with Crippen LogP contribution in [-0.4, -0.2) is 12.6 Å². The fourth-order valence-electron chi connectivity index (χ4n) is 2.40. The van der Waals surface area contributed by atoms with E-state index in [9.17, 15) is 13.2 Å². The van der Waals surface area contributed by atoms with Gasteiger partial charge in [0, 0.05) is 12.1 Å².